The van der Waals surface area contributed by atoms with E-state index >= 15 is 0 Å². The zero-order valence-corrected chi connectivity index (χ0v) is 12.5. The molecule has 0 aromatic rings. The van der Waals surface area contributed by atoms with Crippen molar-refractivity contribution in [2.75, 3.05) is 19.6 Å². The van der Waals surface area contributed by atoms with Crippen molar-refractivity contribution < 1.29 is 9.53 Å². The van der Waals surface area contributed by atoms with Gasteiger partial charge in [0.1, 0.15) is 5.60 Å². The number of nitrogens with zero attached hydrogens (tertiary/aromatic N) is 1. The van der Waals surface area contributed by atoms with E-state index in [2.05, 4.69) is 18.7 Å². The number of rotatable bonds is 3. The maximum atomic E-state index is 11.7. The second-order valence-electron chi connectivity index (χ2n) is 6.53. The van der Waals surface area contributed by atoms with Gasteiger partial charge in [-0.1, -0.05) is 19.4 Å². The minimum Gasteiger partial charge on any atom is -0.457 e. The highest BCUT2D eigenvalue weighted by atomic mass is 16.6. The maximum Gasteiger partial charge on any atom is 0.331 e. The van der Waals surface area contributed by atoms with Gasteiger partial charge in [0, 0.05) is 25.7 Å². The fourth-order valence-electron chi connectivity index (χ4n) is 2.18. The Morgan fingerprint density at radius 3 is 2.33 bits per heavy atom. The second-order valence-corrected chi connectivity index (χ2v) is 6.53. The summed E-state index contributed by atoms with van der Waals surface area (Å²) in [7, 11) is 0. The van der Waals surface area contributed by atoms with Crippen LogP contribution in [-0.2, 0) is 9.53 Å². The van der Waals surface area contributed by atoms with Gasteiger partial charge in [-0.25, -0.2) is 4.79 Å². The van der Waals surface area contributed by atoms with Crippen LogP contribution in [0.2, 0.25) is 0 Å². The van der Waals surface area contributed by atoms with E-state index in [1.54, 1.807) is 6.08 Å². The molecule has 18 heavy (non-hydrogen) atoms. The van der Waals surface area contributed by atoms with Crippen LogP contribution in [0.3, 0.4) is 0 Å². The van der Waals surface area contributed by atoms with Crippen molar-refractivity contribution in [2.45, 2.75) is 53.1 Å². The third-order valence-electron chi connectivity index (χ3n) is 2.85. The average Bonchev–Trinajstić information content (AvgIpc) is 2.17. The molecule has 0 atom stereocenters. The third kappa shape index (κ3) is 6.20. The fourth-order valence-corrected chi connectivity index (χ4v) is 2.18. The number of carbonyl (C=O) groups excluding carboxylic acids is 1. The lowest BCUT2D eigenvalue weighted by Gasteiger charge is -2.29. The average molecular weight is 253 g/mol. The van der Waals surface area contributed by atoms with E-state index in [4.69, 9.17) is 4.74 Å². The largest absolute Gasteiger partial charge is 0.457 e. The maximum absolute atomic E-state index is 11.7. The molecule has 0 unspecified atom stereocenters. The van der Waals surface area contributed by atoms with Gasteiger partial charge in [-0.15, -0.1) is 0 Å². The fraction of sp³-hybridized carbons (Fsp3) is 0.800. The zero-order valence-electron chi connectivity index (χ0n) is 12.5. The van der Waals surface area contributed by atoms with Crippen molar-refractivity contribution in [1.82, 2.24) is 4.90 Å². The Balaban J connectivity index is 2.40. The van der Waals surface area contributed by atoms with Crippen LogP contribution in [0.15, 0.2) is 11.6 Å². The number of likely N-dealkylation sites (tertiary alicyclic amines) is 1. The Morgan fingerprint density at radius 2 is 1.89 bits per heavy atom. The van der Waals surface area contributed by atoms with Crippen LogP contribution >= 0.6 is 0 Å². The molecule has 0 N–H and O–H groups in total. The van der Waals surface area contributed by atoms with Crippen molar-refractivity contribution in [3.05, 3.63) is 11.6 Å². The van der Waals surface area contributed by atoms with Gasteiger partial charge in [-0.3, -0.25) is 0 Å². The first-order valence-electron chi connectivity index (χ1n) is 6.91. The molecule has 0 aromatic heterocycles. The predicted molar refractivity (Wildman–Crippen MR) is 74.4 cm³/mol. The van der Waals surface area contributed by atoms with Crippen molar-refractivity contribution in [3.8, 4) is 0 Å². The molecule has 1 saturated heterocycles. The molecule has 0 saturated carbocycles. The molecule has 0 amide bonds. The first-order chi connectivity index (χ1) is 8.26. The summed E-state index contributed by atoms with van der Waals surface area (Å²) < 4.78 is 5.30. The Hall–Kier alpha value is -0.830. The normalized spacial score (nSPS) is 18.0. The molecular weight excluding hydrogens is 226 g/mol. The molecular formula is C15H27NO2. The van der Waals surface area contributed by atoms with Crippen LogP contribution in [0.1, 0.15) is 47.5 Å². The summed E-state index contributed by atoms with van der Waals surface area (Å²) in [5.41, 5.74) is 0.830. The second kappa shape index (κ2) is 6.37. The molecule has 104 valence electrons. The van der Waals surface area contributed by atoms with Gasteiger partial charge >= 0.3 is 5.97 Å². The molecule has 0 aliphatic carbocycles. The highest BCUT2D eigenvalue weighted by Gasteiger charge is 2.18. The highest BCUT2D eigenvalue weighted by Crippen LogP contribution is 2.18. The van der Waals surface area contributed by atoms with E-state index in [0.717, 1.165) is 32.5 Å². The van der Waals surface area contributed by atoms with E-state index < -0.39 is 5.60 Å². The quantitative estimate of drug-likeness (QED) is 0.572. The van der Waals surface area contributed by atoms with Crippen LogP contribution in [0, 0.1) is 5.92 Å². The van der Waals surface area contributed by atoms with E-state index in [1.807, 2.05) is 20.8 Å². The van der Waals surface area contributed by atoms with Crippen LogP contribution in [0.4, 0.5) is 0 Å². The predicted octanol–water partition coefficient (Wildman–Crippen LogP) is 3.01. The Kier molecular flexibility index (Phi) is 5.39. The van der Waals surface area contributed by atoms with Crippen molar-refractivity contribution >= 4 is 5.97 Å². The Morgan fingerprint density at radius 1 is 1.33 bits per heavy atom. The van der Waals surface area contributed by atoms with Crippen molar-refractivity contribution in [1.29, 1.82) is 0 Å². The van der Waals surface area contributed by atoms with Gasteiger partial charge in [0.2, 0.25) is 0 Å². The summed E-state index contributed by atoms with van der Waals surface area (Å²) in [6, 6.07) is 0. The summed E-state index contributed by atoms with van der Waals surface area (Å²) in [4.78, 5) is 14.1. The number of hydrogen-bond acceptors (Lipinski definition) is 3. The molecule has 1 aliphatic heterocycles. The molecule has 0 radical (unpaired) electrons. The number of ether oxygens (including phenoxy) is 1. The summed E-state index contributed by atoms with van der Waals surface area (Å²) >= 11 is 0. The summed E-state index contributed by atoms with van der Waals surface area (Å²) in [6.07, 6.45) is 3.68. The monoisotopic (exact) mass is 253 g/mol. The summed E-state index contributed by atoms with van der Waals surface area (Å²) in [6.45, 7) is 13.5. The molecule has 1 fully saturated rings. The molecule has 0 bridgehead atoms. The lowest BCUT2D eigenvalue weighted by molar-refractivity contribution is -0.148. The highest BCUT2D eigenvalue weighted by molar-refractivity contribution is 5.83. The van der Waals surface area contributed by atoms with Crippen molar-refractivity contribution in [2.24, 2.45) is 5.92 Å². The summed E-state index contributed by atoms with van der Waals surface area (Å²) in [5.74, 6) is 0.510. The molecule has 3 heteroatoms. The molecule has 3 nitrogen and oxygen atoms in total. The summed E-state index contributed by atoms with van der Waals surface area (Å²) in [5, 5.41) is 0. The standard InChI is InChI=1S/C15H27NO2/c1-12(2)11-16-8-6-13(7-9-16)10-14(17)18-15(3,4)5/h10,12H,6-9,11H2,1-5H3. The molecule has 0 aromatic carbocycles. The molecule has 1 heterocycles. The topological polar surface area (TPSA) is 29.5 Å². The van der Waals surface area contributed by atoms with E-state index in [0.29, 0.717) is 5.92 Å². The van der Waals surface area contributed by atoms with E-state index in [9.17, 15) is 4.79 Å². The van der Waals surface area contributed by atoms with Crippen LogP contribution in [-0.4, -0.2) is 36.1 Å². The van der Waals surface area contributed by atoms with Gasteiger partial charge in [0.25, 0.3) is 0 Å². The zero-order chi connectivity index (χ0) is 13.8. The SMILES string of the molecule is CC(C)CN1CCC(=CC(=O)OC(C)(C)C)CC1. The van der Waals surface area contributed by atoms with E-state index in [1.165, 1.54) is 5.57 Å². The lowest BCUT2D eigenvalue weighted by atomic mass is 10.0. The van der Waals surface area contributed by atoms with Crippen LogP contribution < -0.4 is 0 Å². The lowest BCUT2D eigenvalue weighted by Crippen LogP contribution is -2.34. The van der Waals surface area contributed by atoms with Crippen molar-refractivity contribution in [3.63, 3.8) is 0 Å². The number of piperidine rings is 1. The first kappa shape index (κ1) is 15.2. The number of esters is 1. The third-order valence-corrected chi connectivity index (χ3v) is 2.85. The van der Waals surface area contributed by atoms with Gasteiger partial charge in [0.05, 0.1) is 0 Å². The number of carbonyl (C=O) groups is 1. The Bertz CT molecular complexity index is 303. The van der Waals surface area contributed by atoms with Gasteiger partial charge in [0.15, 0.2) is 0 Å². The minimum absolute atomic E-state index is 0.199. The van der Waals surface area contributed by atoms with Gasteiger partial charge in [-0.05, 0) is 39.5 Å². The van der Waals surface area contributed by atoms with Gasteiger partial charge in [-0.2, -0.15) is 0 Å². The van der Waals surface area contributed by atoms with Crippen LogP contribution in [0.5, 0.6) is 0 Å². The minimum atomic E-state index is -0.396. The van der Waals surface area contributed by atoms with Crippen LogP contribution in [0.25, 0.3) is 0 Å². The first-order valence-corrected chi connectivity index (χ1v) is 6.91. The molecule has 1 rings (SSSR count). The smallest absolute Gasteiger partial charge is 0.331 e. The molecule has 1 aliphatic rings. The Labute approximate surface area is 111 Å². The van der Waals surface area contributed by atoms with E-state index in [-0.39, 0.29) is 5.97 Å². The number of hydrogen-bond donors (Lipinski definition) is 0. The van der Waals surface area contributed by atoms with Gasteiger partial charge < -0.3 is 9.64 Å². The molecule has 0 spiro atoms.